The Morgan fingerprint density at radius 3 is 2.50 bits per heavy atom. The number of carbonyl (C=O) groups excluding carboxylic acids is 1. The molecule has 1 amide bonds. The Kier molecular flexibility index (Phi) is 5.55. The molecule has 0 aliphatic carbocycles. The van der Waals surface area contributed by atoms with Gasteiger partial charge in [-0.05, 0) is 35.1 Å². The number of hydrogen-bond donors (Lipinski definition) is 1. The van der Waals surface area contributed by atoms with Gasteiger partial charge in [-0.3, -0.25) is 9.59 Å². The zero-order valence-electron chi connectivity index (χ0n) is 15.2. The summed E-state index contributed by atoms with van der Waals surface area (Å²) in [5.74, 6) is -0.507. The average molecular weight is 409 g/mol. The number of fused-ring (bicyclic) bond motifs is 1. The van der Waals surface area contributed by atoms with Crippen LogP contribution in [-0.2, 0) is 17.5 Å². The van der Waals surface area contributed by atoms with Gasteiger partial charge in [-0.25, -0.2) is 4.68 Å². The fourth-order valence-electron chi connectivity index (χ4n) is 2.89. The zero-order chi connectivity index (χ0) is 20.5. The molecule has 0 spiro atoms. The molecular weight excluding hydrogens is 391 g/mol. The minimum Gasteiger partial charge on any atom is -0.347 e. The second kappa shape index (κ2) is 7.75. The van der Waals surface area contributed by atoms with Crippen LogP contribution in [0.1, 0.15) is 31.0 Å². The maximum Gasteiger partial charge on any atom is 0.416 e. The first kappa shape index (κ1) is 20.1. The van der Waals surface area contributed by atoms with Crippen LogP contribution in [0.3, 0.4) is 0 Å². The highest BCUT2D eigenvalue weighted by Gasteiger charge is 2.30. The van der Waals surface area contributed by atoms with E-state index in [1.165, 1.54) is 29.7 Å². The van der Waals surface area contributed by atoms with E-state index in [0.29, 0.717) is 10.9 Å². The molecule has 1 N–H and O–H groups in total. The molecule has 0 saturated carbocycles. The van der Waals surface area contributed by atoms with Crippen molar-refractivity contribution in [3.63, 3.8) is 0 Å². The molecule has 0 aliphatic rings. The summed E-state index contributed by atoms with van der Waals surface area (Å²) in [6.07, 6.45) is -2.88. The summed E-state index contributed by atoms with van der Waals surface area (Å²) < 4.78 is 40.1. The molecule has 0 unspecified atom stereocenters. The van der Waals surface area contributed by atoms with E-state index in [1.54, 1.807) is 11.4 Å². The predicted molar refractivity (Wildman–Crippen MR) is 101 cm³/mol. The van der Waals surface area contributed by atoms with Crippen molar-refractivity contribution < 1.29 is 18.0 Å². The fourth-order valence-corrected chi connectivity index (χ4v) is 3.63. The number of benzene rings is 1. The highest BCUT2D eigenvalue weighted by Crippen LogP contribution is 2.31. The summed E-state index contributed by atoms with van der Waals surface area (Å²) in [6, 6.07) is 5.89. The minimum absolute atomic E-state index is 0.0651. The molecule has 2 heterocycles. The number of hydrogen-bond acceptors (Lipinski definition) is 4. The number of alkyl halides is 3. The lowest BCUT2D eigenvalue weighted by Gasteiger charge is -2.23. The molecule has 0 aliphatic heterocycles. The molecule has 3 rings (SSSR count). The van der Waals surface area contributed by atoms with E-state index >= 15 is 0 Å². The first-order valence-corrected chi connectivity index (χ1v) is 9.44. The van der Waals surface area contributed by atoms with E-state index in [-0.39, 0.29) is 18.0 Å². The number of halogens is 3. The third-order valence-corrected chi connectivity index (χ3v) is 5.20. The average Bonchev–Trinajstić information content (AvgIpc) is 3.11. The topological polar surface area (TPSA) is 64.0 Å². The van der Waals surface area contributed by atoms with E-state index in [0.717, 1.165) is 21.5 Å². The van der Waals surface area contributed by atoms with Crippen molar-refractivity contribution in [2.75, 3.05) is 0 Å². The second-order valence-corrected chi connectivity index (χ2v) is 7.66. The van der Waals surface area contributed by atoms with Crippen LogP contribution in [0, 0.1) is 5.92 Å². The van der Waals surface area contributed by atoms with Crippen LogP contribution in [0.5, 0.6) is 0 Å². The molecule has 1 aromatic carbocycles. The van der Waals surface area contributed by atoms with E-state index in [1.807, 2.05) is 13.8 Å². The van der Waals surface area contributed by atoms with Crippen molar-refractivity contribution >= 4 is 27.3 Å². The van der Waals surface area contributed by atoms with Gasteiger partial charge in [-0.15, -0.1) is 11.3 Å². The van der Waals surface area contributed by atoms with Crippen LogP contribution in [0.15, 0.2) is 46.7 Å². The summed E-state index contributed by atoms with van der Waals surface area (Å²) >= 11 is 1.39. The van der Waals surface area contributed by atoms with Gasteiger partial charge in [-0.1, -0.05) is 26.0 Å². The van der Waals surface area contributed by atoms with Crippen LogP contribution in [0.25, 0.3) is 10.1 Å². The number of nitrogens with zero attached hydrogens (tertiary/aromatic N) is 2. The summed E-state index contributed by atoms with van der Waals surface area (Å²) in [4.78, 5) is 24.8. The first-order valence-electron chi connectivity index (χ1n) is 8.56. The molecule has 28 heavy (non-hydrogen) atoms. The smallest absolute Gasteiger partial charge is 0.347 e. The lowest BCUT2D eigenvalue weighted by Crippen LogP contribution is -2.37. The molecular formula is C19H18F3N3O2S. The Balaban J connectivity index is 1.77. The molecule has 0 radical (unpaired) electrons. The fraction of sp³-hybridized carbons (Fsp3) is 0.316. The largest absolute Gasteiger partial charge is 0.416 e. The highest BCUT2D eigenvalue weighted by molar-refractivity contribution is 7.17. The number of rotatable bonds is 5. The third-order valence-electron chi connectivity index (χ3n) is 4.35. The van der Waals surface area contributed by atoms with E-state index in [4.69, 9.17) is 0 Å². The van der Waals surface area contributed by atoms with E-state index in [2.05, 4.69) is 10.4 Å². The predicted octanol–water partition coefficient (Wildman–Crippen LogP) is 3.99. The van der Waals surface area contributed by atoms with Crippen molar-refractivity contribution in [2.24, 2.45) is 5.92 Å². The molecule has 9 heteroatoms. The number of carbonyl (C=O) groups is 1. The monoisotopic (exact) mass is 409 g/mol. The Hall–Kier alpha value is -2.68. The SMILES string of the molecule is CC(C)[C@H](NC(=O)Cn1ncc2sccc2c1=O)c1ccc(C(F)(F)F)cc1. The minimum atomic E-state index is -4.41. The standard InChI is InChI=1S/C19H18F3N3O2S/c1-11(2)17(12-3-5-13(6-4-12)19(20,21)22)24-16(26)10-25-18(27)14-7-8-28-15(14)9-23-25/h3-9,11,17H,10H2,1-2H3,(H,24,26)/t17-/m0/s1. The molecule has 2 aromatic heterocycles. The van der Waals surface area contributed by atoms with Gasteiger partial charge in [0.05, 0.1) is 27.9 Å². The number of thiophene rings is 1. The number of aromatic nitrogens is 2. The van der Waals surface area contributed by atoms with Crippen LogP contribution in [0.2, 0.25) is 0 Å². The molecule has 148 valence electrons. The Morgan fingerprint density at radius 1 is 1.21 bits per heavy atom. The van der Waals surface area contributed by atoms with Crippen molar-refractivity contribution in [3.8, 4) is 0 Å². The molecule has 0 saturated heterocycles. The molecule has 0 fully saturated rings. The van der Waals surface area contributed by atoms with Gasteiger partial charge in [-0.2, -0.15) is 18.3 Å². The number of nitrogens with one attached hydrogen (secondary N) is 1. The van der Waals surface area contributed by atoms with E-state index in [9.17, 15) is 22.8 Å². The van der Waals surface area contributed by atoms with Crippen molar-refractivity contribution in [1.29, 1.82) is 0 Å². The number of amides is 1. The lowest BCUT2D eigenvalue weighted by molar-refractivity contribution is -0.137. The second-order valence-electron chi connectivity index (χ2n) is 6.71. The highest BCUT2D eigenvalue weighted by atomic mass is 32.1. The van der Waals surface area contributed by atoms with Crippen molar-refractivity contribution in [3.05, 3.63) is 63.4 Å². The normalized spacial score (nSPS) is 13.1. The van der Waals surface area contributed by atoms with Gasteiger partial charge in [0.2, 0.25) is 5.91 Å². The first-order chi connectivity index (χ1) is 13.2. The van der Waals surface area contributed by atoms with Gasteiger partial charge in [0.1, 0.15) is 6.54 Å². The van der Waals surface area contributed by atoms with Gasteiger partial charge in [0, 0.05) is 0 Å². The van der Waals surface area contributed by atoms with Crippen LogP contribution >= 0.6 is 11.3 Å². The van der Waals surface area contributed by atoms with Crippen LogP contribution in [0.4, 0.5) is 13.2 Å². The molecule has 5 nitrogen and oxygen atoms in total. The van der Waals surface area contributed by atoms with Crippen LogP contribution in [-0.4, -0.2) is 15.7 Å². The maximum absolute atomic E-state index is 12.7. The summed E-state index contributed by atoms with van der Waals surface area (Å²) in [5.41, 5.74) is -0.542. The Labute approximate surface area is 162 Å². The molecule has 0 bridgehead atoms. The van der Waals surface area contributed by atoms with Gasteiger partial charge >= 0.3 is 6.18 Å². The van der Waals surface area contributed by atoms with Gasteiger partial charge in [0.25, 0.3) is 5.56 Å². The molecule has 3 aromatic rings. The summed E-state index contributed by atoms with van der Waals surface area (Å²) in [5, 5.41) is 9.07. The lowest BCUT2D eigenvalue weighted by atomic mass is 9.95. The van der Waals surface area contributed by atoms with Crippen molar-refractivity contribution in [1.82, 2.24) is 15.1 Å². The Morgan fingerprint density at radius 2 is 1.89 bits per heavy atom. The third kappa shape index (κ3) is 4.24. The zero-order valence-corrected chi connectivity index (χ0v) is 16.0. The van der Waals surface area contributed by atoms with E-state index < -0.39 is 23.7 Å². The Bertz CT molecular complexity index is 1040. The van der Waals surface area contributed by atoms with Crippen LogP contribution < -0.4 is 10.9 Å². The maximum atomic E-state index is 12.7. The van der Waals surface area contributed by atoms with Gasteiger partial charge in [0.15, 0.2) is 0 Å². The molecule has 1 atom stereocenters. The van der Waals surface area contributed by atoms with Crippen molar-refractivity contribution in [2.45, 2.75) is 32.6 Å². The van der Waals surface area contributed by atoms with Gasteiger partial charge < -0.3 is 5.32 Å². The quantitative estimate of drug-likeness (QED) is 0.693. The summed E-state index contributed by atoms with van der Waals surface area (Å²) in [6.45, 7) is 3.43. The summed E-state index contributed by atoms with van der Waals surface area (Å²) in [7, 11) is 0.